The smallest absolute Gasteiger partial charge is 0.355 e. The summed E-state index contributed by atoms with van der Waals surface area (Å²) >= 11 is 0. The molecule has 1 aromatic heterocycles. The van der Waals surface area contributed by atoms with E-state index in [-0.39, 0.29) is 11.5 Å². The van der Waals surface area contributed by atoms with Crippen LogP contribution >= 0.6 is 0 Å². The van der Waals surface area contributed by atoms with Crippen molar-refractivity contribution in [3.63, 3.8) is 0 Å². The Balaban J connectivity index is 2.35. The molecule has 0 saturated heterocycles. The number of hydrogen-bond acceptors (Lipinski definition) is 5. The van der Waals surface area contributed by atoms with Crippen LogP contribution in [0.15, 0.2) is 12.3 Å². The van der Waals surface area contributed by atoms with E-state index in [2.05, 4.69) is 10.3 Å². The maximum atomic E-state index is 11.6. The highest BCUT2D eigenvalue weighted by Gasteiger charge is 2.14. The Morgan fingerprint density at radius 1 is 1.27 bits per heavy atom. The lowest BCUT2D eigenvalue weighted by Gasteiger charge is -2.06. The van der Waals surface area contributed by atoms with Crippen LogP contribution in [0.25, 0.3) is 0 Å². The highest BCUT2D eigenvalue weighted by molar-refractivity contribution is 5.99. The quantitative estimate of drug-likeness (QED) is 0.394. The van der Waals surface area contributed by atoms with Gasteiger partial charge in [0.2, 0.25) is 0 Å². The summed E-state index contributed by atoms with van der Waals surface area (Å²) in [5, 5.41) is 4.53. The fraction of sp³-hybridized carbons (Fsp3) is 0.429. The first-order valence-corrected chi connectivity index (χ1v) is 6.88. The molecule has 8 heteroatoms. The topological polar surface area (TPSA) is 117 Å². The van der Waals surface area contributed by atoms with Gasteiger partial charge in [0.05, 0.1) is 0 Å². The van der Waals surface area contributed by atoms with Gasteiger partial charge in [-0.1, -0.05) is 13.3 Å². The first kappa shape index (κ1) is 17.4. The molecule has 120 valence electrons. The fourth-order valence-corrected chi connectivity index (χ4v) is 1.51. The van der Waals surface area contributed by atoms with Crippen LogP contribution in [-0.4, -0.2) is 41.8 Å². The van der Waals surface area contributed by atoms with Crippen LogP contribution in [-0.2, 0) is 9.53 Å². The molecule has 0 fully saturated rings. The number of unbranched alkanes of at least 4 members (excludes halogenated alkanes) is 1. The summed E-state index contributed by atoms with van der Waals surface area (Å²) in [5.41, 5.74) is 0.400. The largest absolute Gasteiger partial charge is 0.451 e. The first-order valence-electron chi connectivity index (χ1n) is 6.88. The van der Waals surface area contributed by atoms with Crippen LogP contribution < -0.4 is 10.6 Å². The number of rotatable bonds is 7. The van der Waals surface area contributed by atoms with Gasteiger partial charge in [-0.25, -0.2) is 9.59 Å². The van der Waals surface area contributed by atoms with E-state index in [1.807, 2.05) is 12.2 Å². The van der Waals surface area contributed by atoms with E-state index < -0.39 is 24.5 Å². The van der Waals surface area contributed by atoms with Gasteiger partial charge in [0.15, 0.2) is 12.4 Å². The minimum atomic E-state index is -0.783. The molecule has 8 nitrogen and oxygen atoms in total. The number of urea groups is 1. The molecular formula is C14H19N3O5. The average Bonchev–Trinajstić information content (AvgIpc) is 2.95. The zero-order chi connectivity index (χ0) is 16.5. The number of esters is 1. The Labute approximate surface area is 127 Å². The Morgan fingerprint density at radius 2 is 2.00 bits per heavy atom. The monoisotopic (exact) mass is 309 g/mol. The number of hydrogen-bond donors (Lipinski definition) is 3. The summed E-state index contributed by atoms with van der Waals surface area (Å²) in [6, 6.07) is 0.702. The van der Waals surface area contributed by atoms with Crippen molar-refractivity contribution in [1.29, 1.82) is 0 Å². The first-order chi connectivity index (χ1) is 10.4. The molecule has 1 aromatic rings. The van der Waals surface area contributed by atoms with E-state index in [1.165, 1.54) is 19.2 Å². The van der Waals surface area contributed by atoms with E-state index >= 15 is 0 Å². The third kappa shape index (κ3) is 5.78. The summed E-state index contributed by atoms with van der Waals surface area (Å²) in [4.78, 5) is 48.0. The van der Waals surface area contributed by atoms with Crippen molar-refractivity contribution in [2.75, 3.05) is 13.2 Å². The van der Waals surface area contributed by atoms with Crippen molar-refractivity contribution in [2.45, 2.75) is 26.7 Å². The minimum absolute atomic E-state index is 0.0606. The predicted octanol–water partition coefficient (Wildman–Crippen LogP) is 1.000. The summed E-state index contributed by atoms with van der Waals surface area (Å²) < 4.78 is 4.74. The van der Waals surface area contributed by atoms with Gasteiger partial charge in [0.25, 0.3) is 5.91 Å². The number of carbonyl (C=O) groups is 4. The van der Waals surface area contributed by atoms with Gasteiger partial charge in [-0.05, 0) is 19.4 Å². The SMILES string of the molecule is CCCCNC(=O)NC(=O)COC(=O)c1cc(C(C)=O)c[nH]1. The molecule has 0 aromatic carbocycles. The van der Waals surface area contributed by atoms with Gasteiger partial charge < -0.3 is 15.0 Å². The molecule has 0 aliphatic heterocycles. The Bertz CT molecular complexity index is 565. The number of amides is 3. The molecule has 1 heterocycles. The number of H-pyrrole nitrogens is 1. The molecular weight excluding hydrogens is 290 g/mol. The Morgan fingerprint density at radius 3 is 2.59 bits per heavy atom. The second-order valence-corrected chi connectivity index (χ2v) is 4.59. The molecule has 0 bridgehead atoms. The van der Waals surface area contributed by atoms with Gasteiger partial charge in [-0.2, -0.15) is 0 Å². The third-order valence-corrected chi connectivity index (χ3v) is 2.71. The van der Waals surface area contributed by atoms with E-state index in [9.17, 15) is 19.2 Å². The Kier molecular flexibility index (Phi) is 6.81. The molecule has 3 amide bonds. The van der Waals surface area contributed by atoms with Gasteiger partial charge in [0.1, 0.15) is 5.69 Å². The highest BCUT2D eigenvalue weighted by atomic mass is 16.5. The number of aromatic amines is 1. The summed E-state index contributed by atoms with van der Waals surface area (Å²) in [6.07, 6.45) is 3.10. The van der Waals surface area contributed by atoms with Crippen molar-refractivity contribution in [1.82, 2.24) is 15.6 Å². The highest BCUT2D eigenvalue weighted by Crippen LogP contribution is 2.05. The number of ether oxygens (including phenoxy) is 1. The van der Waals surface area contributed by atoms with Crippen LogP contribution in [0.5, 0.6) is 0 Å². The molecule has 0 aliphatic carbocycles. The maximum Gasteiger partial charge on any atom is 0.355 e. The summed E-state index contributed by atoms with van der Waals surface area (Å²) in [7, 11) is 0. The maximum absolute atomic E-state index is 11.6. The molecule has 0 unspecified atom stereocenters. The summed E-state index contributed by atoms with van der Waals surface area (Å²) in [5.74, 6) is -1.72. The molecule has 0 atom stereocenters. The number of ketones is 1. The molecule has 0 radical (unpaired) electrons. The van der Waals surface area contributed by atoms with E-state index in [4.69, 9.17) is 4.74 Å². The van der Waals surface area contributed by atoms with Crippen molar-refractivity contribution >= 4 is 23.7 Å². The van der Waals surface area contributed by atoms with Crippen LogP contribution in [0.4, 0.5) is 4.79 Å². The van der Waals surface area contributed by atoms with Crippen molar-refractivity contribution in [2.24, 2.45) is 0 Å². The Hall–Kier alpha value is -2.64. The van der Waals surface area contributed by atoms with E-state index in [0.29, 0.717) is 12.1 Å². The number of Topliss-reactive ketones (excluding diaryl/α,β-unsaturated/α-hetero) is 1. The van der Waals surface area contributed by atoms with Gasteiger partial charge in [0, 0.05) is 18.3 Å². The summed E-state index contributed by atoms with van der Waals surface area (Å²) in [6.45, 7) is 3.21. The molecule has 0 spiro atoms. The second kappa shape index (κ2) is 8.60. The molecule has 0 saturated carbocycles. The molecule has 0 aliphatic rings. The molecule has 22 heavy (non-hydrogen) atoms. The number of imide groups is 1. The lowest BCUT2D eigenvalue weighted by molar-refractivity contribution is -0.123. The van der Waals surface area contributed by atoms with Gasteiger partial charge in [-0.3, -0.25) is 14.9 Å². The normalized spacial score (nSPS) is 9.91. The zero-order valence-electron chi connectivity index (χ0n) is 12.5. The van der Waals surface area contributed by atoms with E-state index in [0.717, 1.165) is 12.8 Å². The van der Waals surface area contributed by atoms with Crippen LogP contribution in [0.2, 0.25) is 0 Å². The van der Waals surface area contributed by atoms with Crippen LogP contribution in [0, 0.1) is 0 Å². The predicted molar refractivity (Wildman–Crippen MR) is 77.5 cm³/mol. The van der Waals surface area contributed by atoms with Crippen molar-refractivity contribution in [3.8, 4) is 0 Å². The number of carbonyl (C=O) groups excluding carboxylic acids is 4. The fourth-order valence-electron chi connectivity index (χ4n) is 1.51. The molecule has 3 N–H and O–H groups in total. The lowest BCUT2D eigenvalue weighted by Crippen LogP contribution is -2.41. The number of aromatic nitrogens is 1. The van der Waals surface area contributed by atoms with Crippen LogP contribution in [0.3, 0.4) is 0 Å². The average molecular weight is 309 g/mol. The number of nitrogens with one attached hydrogen (secondary N) is 3. The van der Waals surface area contributed by atoms with E-state index in [1.54, 1.807) is 0 Å². The van der Waals surface area contributed by atoms with Crippen molar-refractivity contribution in [3.05, 3.63) is 23.5 Å². The van der Waals surface area contributed by atoms with Gasteiger partial charge in [-0.15, -0.1) is 0 Å². The lowest BCUT2D eigenvalue weighted by atomic mass is 10.2. The zero-order valence-corrected chi connectivity index (χ0v) is 12.5. The van der Waals surface area contributed by atoms with Crippen molar-refractivity contribution < 1.29 is 23.9 Å². The third-order valence-electron chi connectivity index (χ3n) is 2.71. The molecule has 1 rings (SSSR count). The minimum Gasteiger partial charge on any atom is -0.451 e. The van der Waals surface area contributed by atoms with Crippen LogP contribution in [0.1, 0.15) is 47.5 Å². The van der Waals surface area contributed by atoms with Gasteiger partial charge >= 0.3 is 12.0 Å². The standard InChI is InChI=1S/C14H19N3O5/c1-3-4-5-15-14(21)17-12(19)8-22-13(20)11-6-10(7-16-11)9(2)18/h6-7,16H,3-5,8H2,1-2H3,(H2,15,17,19,21). The second-order valence-electron chi connectivity index (χ2n) is 4.59.